The van der Waals surface area contributed by atoms with E-state index in [1.165, 1.54) is 6.47 Å². The summed E-state index contributed by atoms with van der Waals surface area (Å²) in [5.41, 5.74) is 0. The van der Waals surface area contributed by atoms with Gasteiger partial charge in [-0.05, 0) is 19.8 Å². The molecule has 1 atom stereocenters. The summed E-state index contributed by atoms with van der Waals surface area (Å²) in [7, 11) is 0. The molecule has 0 rings (SSSR count). The molecule has 0 fully saturated rings. The Hall–Kier alpha value is -1.59. The van der Waals surface area contributed by atoms with Gasteiger partial charge in [0.25, 0.3) is 0 Å². The van der Waals surface area contributed by atoms with Crippen molar-refractivity contribution in [1.82, 2.24) is 0 Å². The molecule has 0 heterocycles. The van der Waals surface area contributed by atoms with Gasteiger partial charge in [-0.25, -0.2) is 9.59 Å². The Labute approximate surface area is 113 Å². The standard InChI is InChI=1S/C13H21O6/c1-4-17-11(15)7-5-6-8-18-13(16)12(10(2)3)19-9-14/h10,12H,4-8H2,1-3H3. The van der Waals surface area contributed by atoms with Gasteiger partial charge in [-0.2, -0.15) is 0 Å². The first-order valence-electron chi connectivity index (χ1n) is 6.38. The summed E-state index contributed by atoms with van der Waals surface area (Å²) in [5, 5.41) is 0. The smallest absolute Gasteiger partial charge is 0.418 e. The van der Waals surface area contributed by atoms with Crippen molar-refractivity contribution in [2.75, 3.05) is 13.2 Å². The first kappa shape index (κ1) is 17.4. The molecule has 0 aliphatic carbocycles. The van der Waals surface area contributed by atoms with Crippen molar-refractivity contribution in [2.24, 2.45) is 5.92 Å². The van der Waals surface area contributed by atoms with Crippen LogP contribution in [-0.2, 0) is 28.6 Å². The maximum Gasteiger partial charge on any atom is 0.418 e. The van der Waals surface area contributed by atoms with Gasteiger partial charge in [-0.3, -0.25) is 4.79 Å². The average Bonchev–Trinajstić information content (AvgIpc) is 2.35. The van der Waals surface area contributed by atoms with Crippen molar-refractivity contribution in [3.63, 3.8) is 0 Å². The third-order valence-electron chi connectivity index (χ3n) is 2.34. The second kappa shape index (κ2) is 10.3. The summed E-state index contributed by atoms with van der Waals surface area (Å²) < 4.78 is 14.3. The van der Waals surface area contributed by atoms with Crippen molar-refractivity contribution < 1.29 is 28.6 Å². The van der Waals surface area contributed by atoms with E-state index in [0.717, 1.165) is 0 Å². The summed E-state index contributed by atoms with van der Waals surface area (Å²) >= 11 is 0. The van der Waals surface area contributed by atoms with Crippen LogP contribution in [-0.4, -0.2) is 37.7 Å². The molecule has 0 aromatic carbocycles. The predicted molar refractivity (Wildman–Crippen MR) is 66.8 cm³/mol. The monoisotopic (exact) mass is 273 g/mol. The molecule has 0 aliphatic rings. The van der Waals surface area contributed by atoms with Crippen molar-refractivity contribution >= 4 is 18.4 Å². The van der Waals surface area contributed by atoms with Crippen LogP contribution in [0.4, 0.5) is 0 Å². The molecule has 0 aromatic heterocycles. The lowest BCUT2D eigenvalue weighted by atomic mass is 10.1. The highest BCUT2D eigenvalue weighted by Crippen LogP contribution is 2.08. The molecule has 6 heteroatoms. The van der Waals surface area contributed by atoms with E-state index in [4.69, 9.17) is 9.47 Å². The second-order valence-electron chi connectivity index (χ2n) is 4.30. The maximum atomic E-state index is 11.6. The van der Waals surface area contributed by atoms with Gasteiger partial charge in [0.15, 0.2) is 0 Å². The van der Waals surface area contributed by atoms with E-state index >= 15 is 0 Å². The van der Waals surface area contributed by atoms with Crippen LogP contribution >= 0.6 is 0 Å². The van der Waals surface area contributed by atoms with Crippen molar-refractivity contribution in [3.05, 3.63) is 0 Å². The van der Waals surface area contributed by atoms with Gasteiger partial charge >= 0.3 is 18.4 Å². The van der Waals surface area contributed by atoms with Crippen LogP contribution in [0.3, 0.4) is 0 Å². The normalized spacial score (nSPS) is 11.8. The lowest BCUT2D eigenvalue weighted by molar-refractivity contribution is -0.155. The summed E-state index contributed by atoms with van der Waals surface area (Å²) in [6.07, 6.45) is 0.513. The molecule has 1 radical (unpaired) electrons. The number of ether oxygens (including phenoxy) is 3. The summed E-state index contributed by atoms with van der Waals surface area (Å²) in [4.78, 5) is 32.7. The fourth-order valence-electron chi connectivity index (χ4n) is 1.37. The van der Waals surface area contributed by atoms with Crippen molar-refractivity contribution in [2.45, 2.75) is 46.1 Å². The first-order chi connectivity index (χ1) is 9.02. The zero-order valence-electron chi connectivity index (χ0n) is 11.6. The van der Waals surface area contributed by atoms with Gasteiger partial charge in [0, 0.05) is 12.3 Å². The summed E-state index contributed by atoms with van der Waals surface area (Å²) in [6.45, 7) is 7.02. The Kier molecular flexibility index (Phi) is 9.48. The second-order valence-corrected chi connectivity index (χ2v) is 4.30. The van der Waals surface area contributed by atoms with Crippen LogP contribution in [0.15, 0.2) is 0 Å². The van der Waals surface area contributed by atoms with Crippen LogP contribution in [0.25, 0.3) is 0 Å². The van der Waals surface area contributed by atoms with Gasteiger partial charge in [-0.15, -0.1) is 0 Å². The molecule has 6 nitrogen and oxygen atoms in total. The fraction of sp³-hybridized carbons (Fsp3) is 0.769. The van der Waals surface area contributed by atoms with E-state index in [9.17, 15) is 14.4 Å². The molecule has 0 N–H and O–H groups in total. The molecule has 0 aliphatic heterocycles. The molecule has 0 saturated heterocycles. The number of hydrogen-bond donors (Lipinski definition) is 0. The van der Waals surface area contributed by atoms with E-state index in [2.05, 4.69) is 4.74 Å². The SMILES string of the molecule is CCOC(=O)CCCCOC(=O)C(O[C]=O)C(C)C. The Morgan fingerprint density at radius 1 is 1.16 bits per heavy atom. The minimum Gasteiger partial charge on any atom is -0.466 e. The van der Waals surface area contributed by atoms with E-state index in [1.807, 2.05) is 0 Å². The Morgan fingerprint density at radius 3 is 2.37 bits per heavy atom. The maximum absolute atomic E-state index is 11.6. The minimum atomic E-state index is -0.928. The van der Waals surface area contributed by atoms with E-state index in [1.54, 1.807) is 20.8 Å². The molecule has 0 aromatic rings. The Balaban J connectivity index is 3.78. The van der Waals surface area contributed by atoms with Crippen LogP contribution in [0.1, 0.15) is 40.0 Å². The molecular weight excluding hydrogens is 252 g/mol. The van der Waals surface area contributed by atoms with Gasteiger partial charge in [0.05, 0.1) is 13.2 Å². The van der Waals surface area contributed by atoms with Gasteiger partial charge in [0.2, 0.25) is 6.10 Å². The number of esters is 2. The van der Waals surface area contributed by atoms with Gasteiger partial charge in [0.1, 0.15) is 0 Å². The van der Waals surface area contributed by atoms with Crippen LogP contribution in [0.5, 0.6) is 0 Å². The largest absolute Gasteiger partial charge is 0.466 e. The van der Waals surface area contributed by atoms with Crippen LogP contribution < -0.4 is 0 Å². The number of unbranched alkanes of at least 4 members (excludes halogenated alkanes) is 1. The first-order valence-corrected chi connectivity index (χ1v) is 6.38. The number of carbonyl (C=O) groups is 2. The van der Waals surface area contributed by atoms with E-state index in [0.29, 0.717) is 25.9 Å². The summed E-state index contributed by atoms with van der Waals surface area (Å²) in [6, 6.07) is 0. The Bertz CT molecular complexity index is 287. The quantitative estimate of drug-likeness (QED) is 0.340. The molecule has 0 bridgehead atoms. The highest BCUT2D eigenvalue weighted by Gasteiger charge is 2.25. The lowest BCUT2D eigenvalue weighted by Gasteiger charge is -2.16. The topological polar surface area (TPSA) is 78.9 Å². The molecule has 0 amide bonds. The Morgan fingerprint density at radius 2 is 1.84 bits per heavy atom. The molecule has 1 unspecified atom stereocenters. The fourth-order valence-corrected chi connectivity index (χ4v) is 1.37. The number of carbonyl (C=O) groups excluding carboxylic acids is 3. The van der Waals surface area contributed by atoms with Crippen molar-refractivity contribution in [3.8, 4) is 0 Å². The molecule has 19 heavy (non-hydrogen) atoms. The summed E-state index contributed by atoms with van der Waals surface area (Å²) in [5.74, 6) is -1.02. The minimum absolute atomic E-state index is 0.173. The number of hydrogen-bond acceptors (Lipinski definition) is 6. The third-order valence-corrected chi connectivity index (χ3v) is 2.34. The molecule has 0 saturated carbocycles. The predicted octanol–water partition coefficient (Wildman–Crippen LogP) is 1.37. The third kappa shape index (κ3) is 8.18. The van der Waals surface area contributed by atoms with Crippen molar-refractivity contribution in [1.29, 1.82) is 0 Å². The molecule has 109 valence electrons. The molecular formula is C13H21O6. The van der Waals surface area contributed by atoms with E-state index < -0.39 is 12.1 Å². The van der Waals surface area contributed by atoms with Crippen LogP contribution in [0, 0.1) is 5.92 Å². The van der Waals surface area contributed by atoms with E-state index in [-0.39, 0.29) is 18.5 Å². The zero-order chi connectivity index (χ0) is 14.7. The lowest BCUT2D eigenvalue weighted by Crippen LogP contribution is -2.31. The number of rotatable bonds is 10. The average molecular weight is 273 g/mol. The van der Waals surface area contributed by atoms with Gasteiger partial charge < -0.3 is 14.2 Å². The van der Waals surface area contributed by atoms with Crippen LogP contribution in [0.2, 0.25) is 0 Å². The zero-order valence-corrected chi connectivity index (χ0v) is 11.6. The highest BCUT2D eigenvalue weighted by atomic mass is 16.6. The highest BCUT2D eigenvalue weighted by molar-refractivity contribution is 5.76. The molecule has 0 spiro atoms. The van der Waals surface area contributed by atoms with Gasteiger partial charge in [-0.1, -0.05) is 13.8 Å².